The lowest BCUT2D eigenvalue weighted by atomic mass is 9.88. The summed E-state index contributed by atoms with van der Waals surface area (Å²) in [4.78, 5) is 28.6. The average molecular weight is 340 g/mol. The Bertz CT molecular complexity index is 779. The van der Waals surface area contributed by atoms with Crippen molar-refractivity contribution in [3.8, 4) is 5.82 Å². The fourth-order valence-electron chi connectivity index (χ4n) is 2.92. The molecule has 0 saturated carbocycles. The molecule has 0 aromatic carbocycles. The fourth-order valence-corrected chi connectivity index (χ4v) is 2.92. The first-order chi connectivity index (χ1) is 12.2. The van der Waals surface area contributed by atoms with Gasteiger partial charge in [-0.05, 0) is 44.7 Å². The maximum Gasteiger partial charge on any atom is 0.333 e. The van der Waals surface area contributed by atoms with E-state index in [1.54, 1.807) is 42.3 Å². The number of hydrogen-bond donors (Lipinski definition) is 0. The van der Waals surface area contributed by atoms with Gasteiger partial charge in [-0.3, -0.25) is 9.36 Å². The van der Waals surface area contributed by atoms with Crippen LogP contribution in [0.3, 0.4) is 0 Å². The molecule has 0 N–H and O–H groups in total. The van der Waals surface area contributed by atoms with Gasteiger partial charge in [0.25, 0.3) is 0 Å². The lowest BCUT2D eigenvalue weighted by Gasteiger charge is -2.18. The molecule has 0 aliphatic heterocycles. The third-order valence-electron chi connectivity index (χ3n) is 4.18. The third-order valence-corrected chi connectivity index (χ3v) is 4.18. The molecule has 0 bridgehead atoms. The van der Waals surface area contributed by atoms with Gasteiger partial charge in [0.2, 0.25) is 0 Å². The van der Waals surface area contributed by atoms with E-state index in [0.717, 1.165) is 24.8 Å². The minimum Gasteiger partial charge on any atom is -0.463 e. The molecule has 0 radical (unpaired) electrons. The van der Waals surface area contributed by atoms with Gasteiger partial charge in [0.05, 0.1) is 6.61 Å². The van der Waals surface area contributed by atoms with Gasteiger partial charge in [-0.1, -0.05) is 5.57 Å². The second kappa shape index (κ2) is 7.83. The number of hydrogen-bond acceptors (Lipinski definition) is 6. The van der Waals surface area contributed by atoms with E-state index in [2.05, 4.69) is 15.2 Å². The molecular formula is C18H20N4O3. The maximum absolute atomic E-state index is 12.5. The van der Waals surface area contributed by atoms with E-state index in [1.807, 2.05) is 0 Å². The number of allylic oxidation sites excluding steroid dienone is 1. The Balaban J connectivity index is 1.75. The highest BCUT2D eigenvalue weighted by Gasteiger charge is 2.22. The highest BCUT2D eigenvalue weighted by Crippen LogP contribution is 2.28. The van der Waals surface area contributed by atoms with Crippen LogP contribution in [-0.2, 0) is 9.53 Å². The Morgan fingerprint density at radius 1 is 1.20 bits per heavy atom. The van der Waals surface area contributed by atoms with Crippen molar-refractivity contribution in [2.45, 2.75) is 39.0 Å². The number of ketones is 1. The number of nitrogens with zero attached hydrogens (tertiary/aromatic N) is 4. The van der Waals surface area contributed by atoms with Crippen molar-refractivity contribution in [2.24, 2.45) is 0 Å². The normalized spacial score (nSPS) is 14.4. The number of carbonyl (C=O) groups excluding carboxylic acids is 2. The van der Waals surface area contributed by atoms with Crippen molar-refractivity contribution in [2.75, 3.05) is 6.61 Å². The minimum absolute atomic E-state index is 0.136. The van der Waals surface area contributed by atoms with Gasteiger partial charge in [0.1, 0.15) is 12.0 Å². The summed E-state index contributed by atoms with van der Waals surface area (Å²) in [6.07, 6.45) is 8.56. The van der Waals surface area contributed by atoms with Crippen LogP contribution >= 0.6 is 0 Å². The number of esters is 1. The molecule has 25 heavy (non-hydrogen) atoms. The van der Waals surface area contributed by atoms with Crippen LogP contribution < -0.4 is 0 Å². The van der Waals surface area contributed by atoms with Crippen LogP contribution in [0.5, 0.6) is 0 Å². The van der Waals surface area contributed by atoms with Crippen LogP contribution in [0.15, 0.2) is 42.0 Å². The molecule has 0 amide bonds. The molecule has 2 aromatic heterocycles. The van der Waals surface area contributed by atoms with Crippen molar-refractivity contribution < 1.29 is 14.3 Å². The summed E-state index contributed by atoms with van der Waals surface area (Å²) in [7, 11) is 0. The molecule has 1 aliphatic rings. The molecule has 0 atom stereocenters. The van der Waals surface area contributed by atoms with Crippen molar-refractivity contribution in [1.82, 2.24) is 19.7 Å². The van der Waals surface area contributed by atoms with Gasteiger partial charge in [-0.2, -0.15) is 0 Å². The minimum atomic E-state index is -0.300. The Morgan fingerprint density at radius 2 is 2.04 bits per heavy atom. The first kappa shape index (κ1) is 17.0. The standard InChI is InChI=1S/C18H20N4O3/c1-2-25-18(24)14-6-4-3-5-13(14)11-16(23)15-7-8-17(21-20-15)22-10-9-19-12-22/h7-10,12H,2-6,11H2,1H3. The molecule has 0 spiro atoms. The Kier molecular flexibility index (Phi) is 5.33. The Hall–Kier alpha value is -2.83. The predicted molar refractivity (Wildman–Crippen MR) is 90.2 cm³/mol. The molecule has 1 aliphatic carbocycles. The topological polar surface area (TPSA) is 87.0 Å². The van der Waals surface area contributed by atoms with Crippen LogP contribution in [0.25, 0.3) is 5.82 Å². The first-order valence-corrected chi connectivity index (χ1v) is 8.42. The molecule has 0 fully saturated rings. The highest BCUT2D eigenvalue weighted by atomic mass is 16.5. The average Bonchev–Trinajstić information content (AvgIpc) is 3.17. The van der Waals surface area contributed by atoms with Gasteiger partial charge in [0.15, 0.2) is 11.6 Å². The van der Waals surface area contributed by atoms with E-state index in [-0.39, 0.29) is 18.2 Å². The predicted octanol–water partition coefficient (Wildman–Crippen LogP) is 2.67. The number of aromatic nitrogens is 4. The number of ether oxygens (including phenoxy) is 1. The van der Waals surface area contributed by atoms with E-state index in [0.29, 0.717) is 30.1 Å². The number of rotatable bonds is 6. The highest BCUT2D eigenvalue weighted by molar-refractivity contribution is 5.98. The molecule has 3 rings (SSSR count). The fraction of sp³-hybridized carbons (Fsp3) is 0.389. The van der Waals surface area contributed by atoms with Crippen LogP contribution in [0, 0.1) is 0 Å². The van der Waals surface area contributed by atoms with Crippen molar-refractivity contribution in [3.05, 3.63) is 47.7 Å². The summed E-state index contributed by atoms with van der Waals surface area (Å²) in [6, 6.07) is 3.38. The quantitative estimate of drug-likeness (QED) is 0.593. The van der Waals surface area contributed by atoms with Gasteiger partial charge in [-0.15, -0.1) is 10.2 Å². The first-order valence-electron chi connectivity index (χ1n) is 8.42. The van der Waals surface area contributed by atoms with Crippen LogP contribution in [0.2, 0.25) is 0 Å². The summed E-state index contributed by atoms with van der Waals surface area (Å²) < 4.78 is 6.82. The lowest BCUT2D eigenvalue weighted by molar-refractivity contribution is -0.138. The second-order valence-electron chi connectivity index (χ2n) is 5.86. The van der Waals surface area contributed by atoms with Crippen LogP contribution in [-0.4, -0.2) is 38.1 Å². The molecule has 7 heteroatoms. The maximum atomic E-state index is 12.5. The van der Waals surface area contributed by atoms with Gasteiger partial charge < -0.3 is 4.74 Å². The molecule has 0 saturated heterocycles. The number of imidazole rings is 1. The third kappa shape index (κ3) is 3.99. The zero-order valence-corrected chi connectivity index (χ0v) is 14.1. The van der Waals surface area contributed by atoms with E-state index < -0.39 is 0 Å². The van der Waals surface area contributed by atoms with E-state index in [9.17, 15) is 9.59 Å². The van der Waals surface area contributed by atoms with Crippen LogP contribution in [0.4, 0.5) is 0 Å². The van der Waals surface area contributed by atoms with Gasteiger partial charge in [0, 0.05) is 24.4 Å². The summed E-state index contributed by atoms with van der Waals surface area (Å²) >= 11 is 0. The smallest absolute Gasteiger partial charge is 0.333 e. The van der Waals surface area contributed by atoms with Crippen molar-refractivity contribution in [1.29, 1.82) is 0 Å². The lowest BCUT2D eigenvalue weighted by Crippen LogP contribution is -2.16. The van der Waals surface area contributed by atoms with Crippen molar-refractivity contribution >= 4 is 11.8 Å². The SMILES string of the molecule is CCOC(=O)C1=C(CC(=O)c2ccc(-n3ccnc3)nn2)CCCC1. The Morgan fingerprint density at radius 3 is 2.72 bits per heavy atom. The van der Waals surface area contributed by atoms with Crippen LogP contribution in [0.1, 0.15) is 49.5 Å². The van der Waals surface area contributed by atoms with Gasteiger partial charge >= 0.3 is 5.97 Å². The molecular weight excluding hydrogens is 320 g/mol. The molecule has 2 aromatic rings. The summed E-state index contributed by atoms with van der Waals surface area (Å²) in [5.74, 6) is 0.160. The summed E-state index contributed by atoms with van der Waals surface area (Å²) in [5, 5.41) is 8.08. The molecule has 130 valence electrons. The zero-order chi connectivity index (χ0) is 17.6. The zero-order valence-electron chi connectivity index (χ0n) is 14.1. The summed E-state index contributed by atoms with van der Waals surface area (Å²) in [6.45, 7) is 2.12. The molecule has 0 unspecified atom stereocenters. The largest absolute Gasteiger partial charge is 0.463 e. The Labute approximate surface area is 145 Å². The monoisotopic (exact) mass is 340 g/mol. The molecule has 2 heterocycles. The summed E-state index contributed by atoms with van der Waals surface area (Å²) in [5.41, 5.74) is 1.82. The number of carbonyl (C=O) groups is 2. The van der Waals surface area contributed by atoms with E-state index in [1.165, 1.54) is 0 Å². The molecule has 7 nitrogen and oxygen atoms in total. The van der Waals surface area contributed by atoms with E-state index in [4.69, 9.17) is 4.74 Å². The van der Waals surface area contributed by atoms with E-state index >= 15 is 0 Å². The second-order valence-corrected chi connectivity index (χ2v) is 5.86. The van der Waals surface area contributed by atoms with Gasteiger partial charge in [-0.25, -0.2) is 9.78 Å². The number of Topliss-reactive ketones (excluding diaryl/α,β-unsaturated/α-hetero) is 1. The van der Waals surface area contributed by atoms with Crippen molar-refractivity contribution in [3.63, 3.8) is 0 Å².